The molecule has 0 saturated heterocycles. The number of hydrogen-bond donors (Lipinski definition) is 0. The molecule has 0 aliphatic carbocycles. The molecule has 0 radical (unpaired) electrons. The highest BCUT2D eigenvalue weighted by Gasteiger charge is 2.05. The van der Waals surface area contributed by atoms with E-state index >= 15 is 0 Å². The quantitative estimate of drug-likeness (QED) is 0.641. The fourth-order valence-corrected chi connectivity index (χ4v) is 1.06. The van der Waals surface area contributed by atoms with Crippen LogP contribution in [0.2, 0.25) is 0 Å². The highest BCUT2D eigenvalue weighted by atomic mass is 79.9. The molecule has 52 valence electrons. The Bertz CT molecular complexity index is 260. The van der Waals surface area contributed by atoms with Gasteiger partial charge < -0.3 is 0 Å². The number of hydrogen-bond acceptors (Lipinski definition) is 1. The van der Waals surface area contributed by atoms with Crippen LogP contribution in [0.15, 0.2) is 28.7 Å². The standard InChI is InChI=1S/C7H4BrFO/c8-6-4-2-1-3-5(6)7(9)10/h1-4H. The van der Waals surface area contributed by atoms with Crippen molar-refractivity contribution in [2.75, 3.05) is 0 Å². The maximum atomic E-state index is 12.0. The highest BCUT2D eigenvalue weighted by Crippen LogP contribution is 2.16. The lowest BCUT2D eigenvalue weighted by molar-refractivity contribution is 0.0835. The van der Waals surface area contributed by atoms with E-state index in [1.807, 2.05) is 0 Å². The minimum Gasteiger partial charge on any atom is -0.255 e. The summed E-state index contributed by atoms with van der Waals surface area (Å²) in [5.41, 5.74) is 0.0718. The predicted octanol–water partition coefficient (Wildman–Crippen LogP) is 2.56. The first-order valence-electron chi connectivity index (χ1n) is 2.66. The monoisotopic (exact) mass is 202 g/mol. The number of carbonyl (C=O) groups is 1. The van der Waals surface area contributed by atoms with Crippen molar-refractivity contribution >= 4 is 22.0 Å². The molecule has 0 aliphatic heterocycles. The molecule has 0 atom stereocenters. The summed E-state index contributed by atoms with van der Waals surface area (Å²) >= 11 is 3.04. The summed E-state index contributed by atoms with van der Waals surface area (Å²) in [6, 6.07) is 4.96. The van der Waals surface area contributed by atoms with Gasteiger partial charge in [0.15, 0.2) is 0 Å². The van der Waals surface area contributed by atoms with Gasteiger partial charge in [-0.3, -0.25) is 4.79 Å². The molecule has 0 spiro atoms. The molecular formula is C7H4BrFO. The first-order valence-corrected chi connectivity index (χ1v) is 3.45. The summed E-state index contributed by atoms with van der Waals surface area (Å²) < 4.78 is 12.5. The van der Waals surface area contributed by atoms with Crippen molar-refractivity contribution in [1.82, 2.24) is 0 Å². The van der Waals surface area contributed by atoms with Crippen LogP contribution in [-0.2, 0) is 0 Å². The van der Waals surface area contributed by atoms with Gasteiger partial charge in [0.05, 0.1) is 5.56 Å². The van der Waals surface area contributed by atoms with Crippen molar-refractivity contribution in [2.45, 2.75) is 0 Å². The maximum Gasteiger partial charge on any atom is 0.333 e. The molecular weight excluding hydrogens is 199 g/mol. The molecule has 0 unspecified atom stereocenters. The summed E-state index contributed by atoms with van der Waals surface area (Å²) in [5, 5.41) is 0. The Morgan fingerprint density at radius 2 is 2.00 bits per heavy atom. The lowest BCUT2D eigenvalue weighted by Gasteiger charge is -1.93. The van der Waals surface area contributed by atoms with Crippen molar-refractivity contribution in [3.63, 3.8) is 0 Å². The lowest BCUT2D eigenvalue weighted by Crippen LogP contribution is -1.89. The molecule has 1 nitrogen and oxygen atoms in total. The van der Waals surface area contributed by atoms with Crippen LogP contribution in [0.1, 0.15) is 10.4 Å². The molecule has 0 heterocycles. The summed E-state index contributed by atoms with van der Waals surface area (Å²) in [4.78, 5) is 10.2. The van der Waals surface area contributed by atoms with Crippen LogP contribution in [0, 0.1) is 0 Å². The van der Waals surface area contributed by atoms with Crippen molar-refractivity contribution in [3.8, 4) is 0 Å². The van der Waals surface area contributed by atoms with E-state index in [0.717, 1.165) is 0 Å². The Kier molecular flexibility index (Phi) is 2.17. The van der Waals surface area contributed by atoms with E-state index in [0.29, 0.717) is 4.47 Å². The number of benzene rings is 1. The van der Waals surface area contributed by atoms with Crippen molar-refractivity contribution in [1.29, 1.82) is 0 Å². The van der Waals surface area contributed by atoms with E-state index in [1.165, 1.54) is 6.07 Å². The van der Waals surface area contributed by atoms with E-state index in [4.69, 9.17) is 0 Å². The number of halogens is 2. The Morgan fingerprint density at radius 1 is 1.40 bits per heavy atom. The van der Waals surface area contributed by atoms with Crippen molar-refractivity contribution < 1.29 is 9.18 Å². The summed E-state index contributed by atoms with van der Waals surface area (Å²) in [6.45, 7) is 0. The lowest BCUT2D eigenvalue weighted by atomic mass is 10.2. The Balaban J connectivity index is 3.15. The zero-order valence-electron chi connectivity index (χ0n) is 4.97. The van der Waals surface area contributed by atoms with E-state index in [-0.39, 0.29) is 5.56 Å². The van der Waals surface area contributed by atoms with Gasteiger partial charge in [-0.05, 0) is 28.1 Å². The van der Waals surface area contributed by atoms with E-state index < -0.39 is 6.04 Å². The molecule has 1 aromatic carbocycles. The molecule has 0 saturated carbocycles. The summed E-state index contributed by atoms with van der Waals surface area (Å²) in [7, 11) is 0. The Labute approximate surface area is 66.0 Å². The van der Waals surface area contributed by atoms with E-state index in [1.54, 1.807) is 18.2 Å². The smallest absolute Gasteiger partial charge is 0.255 e. The molecule has 0 fully saturated rings. The van der Waals surface area contributed by atoms with Gasteiger partial charge in [0, 0.05) is 4.47 Å². The van der Waals surface area contributed by atoms with Crippen LogP contribution in [-0.4, -0.2) is 6.04 Å². The van der Waals surface area contributed by atoms with Crippen LogP contribution in [0.25, 0.3) is 0 Å². The summed E-state index contributed by atoms with van der Waals surface area (Å²) in [5.74, 6) is 0. The van der Waals surface area contributed by atoms with E-state index in [9.17, 15) is 9.18 Å². The van der Waals surface area contributed by atoms with Gasteiger partial charge in [-0.2, -0.15) is 4.39 Å². The fourth-order valence-electron chi connectivity index (χ4n) is 0.621. The first-order chi connectivity index (χ1) is 4.72. The average Bonchev–Trinajstić information content (AvgIpc) is 1.88. The van der Waals surface area contributed by atoms with Crippen LogP contribution in [0.5, 0.6) is 0 Å². The zero-order chi connectivity index (χ0) is 7.56. The molecule has 0 aromatic heterocycles. The van der Waals surface area contributed by atoms with Gasteiger partial charge in [0.1, 0.15) is 0 Å². The third-order valence-electron chi connectivity index (χ3n) is 1.09. The number of carbonyl (C=O) groups excluding carboxylic acids is 1. The fraction of sp³-hybridized carbons (Fsp3) is 0. The molecule has 0 aliphatic rings. The average molecular weight is 203 g/mol. The second-order valence-corrected chi connectivity index (χ2v) is 2.61. The zero-order valence-corrected chi connectivity index (χ0v) is 6.56. The largest absolute Gasteiger partial charge is 0.333 e. The predicted molar refractivity (Wildman–Crippen MR) is 39.6 cm³/mol. The van der Waals surface area contributed by atoms with Gasteiger partial charge in [-0.15, -0.1) is 0 Å². The van der Waals surface area contributed by atoms with Crippen LogP contribution < -0.4 is 0 Å². The number of rotatable bonds is 1. The Hall–Kier alpha value is -0.700. The second-order valence-electron chi connectivity index (χ2n) is 1.75. The van der Waals surface area contributed by atoms with Gasteiger partial charge in [-0.25, -0.2) is 0 Å². The normalized spacial score (nSPS) is 9.40. The molecule has 1 aromatic rings. The second kappa shape index (κ2) is 2.92. The topological polar surface area (TPSA) is 17.1 Å². The summed E-state index contributed by atoms with van der Waals surface area (Å²) in [6.07, 6.45) is 0. The first kappa shape index (κ1) is 7.41. The Morgan fingerprint density at radius 3 is 2.40 bits per heavy atom. The molecule has 1 rings (SSSR count). The molecule has 0 N–H and O–H groups in total. The third-order valence-corrected chi connectivity index (χ3v) is 1.78. The van der Waals surface area contributed by atoms with Crippen LogP contribution in [0.3, 0.4) is 0 Å². The SMILES string of the molecule is O=C(F)c1ccccc1Br. The molecule has 0 amide bonds. The third kappa shape index (κ3) is 1.42. The minimum atomic E-state index is -1.41. The van der Waals surface area contributed by atoms with Gasteiger partial charge >= 0.3 is 6.04 Å². The van der Waals surface area contributed by atoms with Gasteiger partial charge in [-0.1, -0.05) is 12.1 Å². The molecule has 10 heavy (non-hydrogen) atoms. The highest BCUT2D eigenvalue weighted by molar-refractivity contribution is 9.10. The van der Waals surface area contributed by atoms with Crippen LogP contribution in [0.4, 0.5) is 4.39 Å². The van der Waals surface area contributed by atoms with Crippen molar-refractivity contribution in [2.24, 2.45) is 0 Å². The van der Waals surface area contributed by atoms with Crippen molar-refractivity contribution in [3.05, 3.63) is 34.3 Å². The van der Waals surface area contributed by atoms with Gasteiger partial charge in [0.25, 0.3) is 0 Å². The minimum absolute atomic E-state index is 0.0718. The molecule has 3 heteroatoms. The van der Waals surface area contributed by atoms with Gasteiger partial charge in [0.2, 0.25) is 0 Å². The van der Waals surface area contributed by atoms with Crippen LogP contribution >= 0.6 is 15.9 Å². The van der Waals surface area contributed by atoms with E-state index in [2.05, 4.69) is 15.9 Å². The molecule has 0 bridgehead atoms. The maximum absolute atomic E-state index is 12.0.